The van der Waals surface area contributed by atoms with Crippen molar-refractivity contribution in [2.24, 2.45) is 10.7 Å². The van der Waals surface area contributed by atoms with E-state index < -0.39 is 0 Å². The average molecular weight is 313 g/mol. The van der Waals surface area contributed by atoms with Crippen LogP contribution in [-0.2, 0) is 11.3 Å². The fraction of sp³-hybridized carbons (Fsp3) is 0.278. The number of hydrogen-bond acceptors (Lipinski definition) is 3. The number of ether oxygens (including phenoxy) is 1. The Balaban J connectivity index is 1.65. The van der Waals surface area contributed by atoms with Crippen LogP contribution in [0.5, 0.6) is 0 Å². The minimum Gasteiger partial charge on any atom is -0.383 e. The van der Waals surface area contributed by atoms with Gasteiger partial charge >= 0.3 is 0 Å². The number of morpholine rings is 1. The van der Waals surface area contributed by atoms with Crippen LogP contribution in [0.15, 0.2) is 53.5 Å². The first kappa shape index (κ1) is 15.5. The predicted octanol–water partition coefficient (Wildman–Crippen LogP) is 2.57. The first-order chi connectivity index (χ1) is 11.2. The maximum Gasteiger partial charge on any atom is 0.125 e. The van der Waals surface area contributed by atoms with E-state index in [1.54, 1.807) is 12.1 Å². The number of aliphatic imine (C=N–C) groups is 1. The van der Waals surface area contributed by atoms with Crippen LogP contribution >= 0.6 is 0 Å². The topological polar surface area (TPSA) is 50.8 Å². The summed E-state index contributed by atoms with van der Waals surface area (Å²) in [7, 11) is 0. The third kappa shape index (κ3) is 4.07. The fourth-order valence-electron chi connectivity index (χ4n) is 2.52. The molecule has 0 bridgehead atoms. The lowest BCUT2D eigenvalue weighted by Gasteiger charge is -2.28. The molecular weight excluding hydrogens is 293 g/mol. The number of nitrogens with zero attached hydrogens (tertiary/aromatic N) is 2. The van der Waals surface area contributed by atoms with Crippen LogP contribution in [0.1, 0.15) is 11.1 Å². The quantitative estimate of drug-likeness (QED) is 0.697. The lowest BCUT2D eigenvalue weighted by atomic mass is 10.1. The highest BCUT2D eigenvalue weighted by Crippen LogP contribution is 2.16. The lowest BCUT2D eigenvalue weighted by Crippen LogP contribution is -2.36. The average Bonchev–Trinajstić information content (AvgIpc) is 2.62. The van der Waals surface area contributed by atoms with Gasteiger partial charge in [0.15, 0.2) is 0 Å². The number of nitrogens with two attached hydrogens (primary N) is 1. The minimum atomic E-state index is -0.246. The highest BCUT2D eigenvalue weighted by molar-refractivity contribution is 5.97. The van der Waals surface area contributed by atoms with Gasteiger partial charge in [0.2, 0.25) is 0 Å². The predicted molar refractivity (Wildman–Crippen MR) is 90.3 cm³/mol. The van der Waals surface area contributed by atoms with Gasteiger partial charge in [0, 0.05) is 24.3 Å². The van der Waals surface area contributed by atoms with Gasteiger partial charge in [0.05, 0.1) is 19.8 Å². The summed E-state index contributed by atoms with van der Waals surface area (Å²) in [5.74, 6) is 0.243. The second-order valence-electron chi connectivity index (χ2n) is 5.47. The van der Waals surface area contributed by atoms with Crippen molar-refractivity contribution in [2.75, 3.05) is 31.2 Å². The second-order valence-corrected chi connectivity index (χ2v) is 5.47. The first-order valence-corrected chi connectivity index (χ1v) is 7.70. The van der Waals surface area contributed by atoms with Gasteiger partial charge in [-0.3, -0.25) is 4.99 Å². The zero-order chi connectivity index (χ0) is 16.1. The molecule has 1 aliphatic rings. The van der Waals surface area contributed by atoms with Crippen molar-refractivity contribution < 1.29 is 9.13 Å². The summed E-state index contributed by atoms with van der Waals surface area (Å²) in [6.07, 6.45) is 0. The molecule has 0 radical (unpaired) electrons. The van der Waals surface area contributed by atoms with Crippen LogP contribution in [0.3, 0.4) is 0 Å². The van der Waals surface area contributed by atoms with Crippen molar-refractivity contribution >= 4 is 11.5 Å². The standard InChI is InChI=1S/C18H20FN3O/c19-16-5-1-14(2-6-16)13-21-18(20)15-3-7-17(8-4-15)22-9-11-23-12-10-22/h1-8H,9-13H2,(H2,20,21). The summed E-state index contributed by atoms with van der Waals surface area (Å²) in [4.78, 5) is 6.67. The monoisotopic (exact) mass is 313 g/mol. The number of halogens is 1. The van der Waals surface area contributed by atoms with Crippen LogP contribution in [0.25, 0.3) is 0 Å². The zero-order valence-electron chi connectivity index (χ0n) is 12.9. The second kappa shape index (κ2) is 7.24. The molecule has 3 rings (SSSR count). The van der Waals surface area contributed by atoms with Gasteiger partial charge < -0.3 is 15.4 Å². The largest absolute Gasteiger partial charge is 0.383 e. The van der Waals surface area contributed by atoms with Gasteiger partial charge in [-0.05, 0) is 42.0 Å². The molecule has 0 amide bonds. The highest BCUT2D eigenvalue weighted by atomic mass is 19.1. The number of hydrogen-bond donors (Lipinski definition) is 1. The maximum absolute atomic E-state index is 12.9. The van der Waals surface area contributed by atoms with Crippen molar-refractivity contribution in [1.82, 2.24) is 0 Å². The van der Waals surface area contributed by atoms with E-state index in [0.717, 1.165) is 37.4 Å². The Kier molecular flexibility index (Phi) is 4.88. The van der Waals surface area contributed by atoms with E-state index in [9.17, 15) is 4.39 Å². The molecule has 5 heteroatoms. The molecule has 0 atom stereocenters. The van der Waals surface area contributed by atoms with Gasteiger partial charge in [-0.15, -0.1) is 0 Å². The number of benzene rings is 2. The third-order valence-electron chi connectivity index (χ3n) is 3.88. The van der Waals surface area contributed by atoms with Crippen molar-refractivity contribution in [2.45, 2.75) is 6.54 Å². The van der Waals surface area contributed by atoms with Gasteiger partial charge in [-0.2, -0.15) is 0 Å². The van der Waals surface area contributed by atoms with E-state index >= 15 is 0 Å². The number of anilines is 1. The Bertz CT molecular complexity index is 662. The summed E-state index contributed by atoms with van der Waals surface area (Å²) in [5, 5.41) is 0. The van der Waals surface area contributed by atoms with Gasteiger partial charge in [-0.25, -0.2) is 4.39 Å². The van der Waals surface area contributed by atoms with E-state index in [1.807, 2.05) is 12.1 Å². The number of amidine groups is 1. The smallest absolute Gasteiger partial charge is 0.125 e. The summed E-state index contributed by atoms with van der Waals surface area (Å²) < 4.78 is 18.2. The normalized spacial score (nSPS) is 15.7. The van der Waals surface area contributed by atoms with Crippen molar-refractivity contribution in [3.05, 3.63) is 65.5 Å². The molecule has 1 aliphatic heterocycles. The van der Waals surface area contributed by atoms with Gasteiger partial charge in [0.25, 0.3) is 0 Å². The summed E-state index contributed by atoms with van der Waals surface area (Å²) in [6, 6.07) is 14.4. The molecule has 0 saturated carbocycles. The Labute approximate surface area is 135 Å². The molecule has 0 aromatic heterocycles. The van der Waals surface area contributed by atoms with Crippen molar-refractivity contribution in [3.63, 3.8) is 0 Å². The Morgan fingerprint density at radius 1 is 1.04 bits per heavy atom. The fourth-order valence-corrected chi connectivity index (χ4v) is 2.52. The molecule has 23 heavy (non-hydrogen) atoms. The van der Waals surface area contributed by atoms with E-state index in [0.29, 0.717) is 12.4 Å². The molecule has 120 valence electrons. The molecule has 4 nitrogen and oxygen atoms in total. The molecule has 1 heterocycles. The minimum absolute atomic E-state index is 0.246. The van der Waals surface area contributed by atoms with Crippen LogP contribution in [-0.4, -0.2) is 32.1 Å². The highest BCUT2D eigenvalue weighted by Gasteiger charge is 2.11. The molecule has 2 N–H and O–H groups in total. The molecule has 1 fully saturated rings. The summed E-state index contributed by atoms with van der Waals surface area (Å²) >= 11 is 0. The van der Waals surface area contributed by atoms with E-state index in [-0.39, 0.29) is 5.82 Å². The summed E-state index contributed by atoms with van der Waals surface area (Å²) in [5.41, 5.74) is 9.04. The van der Waals surface area contributed by atoms with Crippen molar-refractivity contribution in [3.8, 4) is 0 Å². The molecule has 0 unspecified atom stereocenters. The van der Waals surface area contributed by atoms with Crippen LogP contribution < -0.4 is 10.6 Å². The first-order valence-electron chi connectivity index (χ1n) is 7.70. The molecule has 2 aromatic carbocycles. The van der Waals surface area contributed by atoms with E-state index in [4.69, 9.17) is 10.5 Å². The third-order valence-corrected chi connectivity index (χ3v) is 3.88. The molecule has 2 aromatic rings. The van der Waals surface area contributed by atoms with Gasteiger partial charge in [-0.1, -0.05) is 12.1 Å². The molecule has 0 spiro atoms. The number of rotatable bonds is 4. The SMILES string of the molecule is NC(=NCc1ccc(F)cc1)c1ccc(N2CCOCC2)cc1. The van der Waals surface area contributed by atoms with Crippen LogP contribution in [0.4, 0.5) is 10.1 Å². The Hall–Kier alpha value is -2.40. The maximum atomic E-state index is 12.9. The molecular formula is C18H20FN3O. The molecule has 0 aliphatic carbocycles. The lowest BCUT2D eigenvalue weighted by molar-refractivity contribution is 0.122. The van der Waals surface area contributed by atoms with E-state index in [2.05, 4.69) is 22.0 Å². The van der Waals surface area contributed by atoms with Crippen molar-refractivity contribution in [1.29, 1.82) is 0 Å². The van der Waals surface area contributed by atoms with Gasteiger partial charge in [0.1, 0.15) is 11.7 Å². The van der Waals surface area contributed by atoms with E-state index in [1.165, 1.54) is 17.8 Å². The Morgan fingerprint density at radius 2 is 1.70 bits per heavy atom. The van der Waals surface area contributed by atoms with Crippen LogP contribution in [0.2, 0.25) is 0 Å². The van der Waals surface area contributed by atoms with Crippen LogP contribution in [0, 0.1) is 5.82 Å². The molecule has 1 saturated heterocycles. The summed E-state index contributed by atoms with van der Waals surface area (Å²) in [6.45, 7) is 3.80. The zero-order valence-corrected chi connectivity index (χ0v) is 12.9. The Morgan fingerprint density at radius 3 is 2.35 bits per heavy atom.